The number of amides is 2. The maximum absolute atomic E-state index is 11.9. The van der Waals surface area contributed by atoms with Crippen molar-refractivity contribution in [3.8, 4) is 0 Å². The number of carbonyl (C=O) groups is 2. The average Bonchev–Trinajstić information content (AvgIpc) is 3.29. The van der Waals surface area contributed by atoms with Crippen LogP contribution >= 0.6 is 23.1 Å². The Morgan fingerprint density at radius 2 is 2.04 bits per heavy atom. The number of hydrogen-bond acceptors (Lipinski definition) is 6. The maximum atomic E-state index is 11.9. The highest BCUT2D eigenvalue weighted by Crippen LogP contribution is 2.35. The summed E-state index contributed by atoms with van der Waals surface area (Å²) in [7, 11) is 0. The highest BCUT2D eigenvalue weighted by atomic mass is 32.2. The first-order valence-corrected chi connectivity index (χ1v) is 9.50. The number of carbonyl (C=O) groups excluding carboxylic acids is 2. The van der Waals surface area contributed by atoms with Crippen molar-refractivity contribution >= 4 is 40.0 Å². The van der Waals surface area contributed by atoms with E-state index in [1.54, 1.807) is 11.8 Å². The van der Waals surface area contributed by atoms with E-state index in [0.29, 0.717) is 16.0 Å². The number of nitrogens with zero attached hydrogens (tertiary/aromatic N) is 3. The Morgan fingerprint density at radius 1 is 1.29 bits per heavy atom. The topological polar surface area (TPSA) is 75.2 Å². The predicted octanol–water partition coefficient (Wildman–Crippen LogP) is 2.46. The van der Waals surface area contributed by atoms with Crippen LogP contribution in [0.25, 0.3) is 0 Å². The molecule has 1 heterocycles. The van der Waals surface area contributed by atoms with Crippen LogP contribution in [0.15, 0.2) is 34.7 Å². The van der Waals surface area contributed by atoms with Crippen LogP contribution in [-0.2, 0) is 16.1 Å². The van der Waals surface area contributed by atoms with Gasteiger partial charge in [-0.15, -0.1) is 10.2 Å². The monoisotopic (exact) mass is 362 g/mol. The second kappa shape index (κ2) is 7.76. The van der Waals surface area contributed by atoms with Gasteiger partial charge in [0.1, 0.15) is 0 Å². The molecule has 0 spiro atoms. The highest BCUT2D eigenvalue weighted by molar-refractivity contribution is 8.01. The lowest BCUT2D eigenvalue weighted by atomic mass is 10.2. The molecule has 1 aromatic heterocycles. The lowest BCUT2D eigenvalue weighted by Crippen LogP contribution is -2.30. The molecule has 1 aromatic carbocycles. The van der Waals surface area contributed by atoms with Gasteiger partial charge in [0.2, 0.25) is 16.9 Å². The molecule has 1 saturated carbocycles. The molecule has 0 bridgehead atoms. The summed E-state index contributed by atoms with van der Waals surface area (Å²) in [6, 6.07) is 10.0. The van der Waals surface area contributed by atoms with Crippen molar-refractivity contribution in [2.75, 3.05) is 10.7 Å². The molecule has 6 nitrogen and oxygen atoms in total. The molecule has 8 heteroatoms. The zero-order valence-electron chi connectivity index (χ0n) is 13.3. The van der Waals surface area contributed by atoms with E-state index in [-0.39, 0.29) is 23.6 Å². The molecular formula is C16H18N4O2S2. The predicted molar refractivity (Wildman–Crippen MR) is 95.1 cm³/mol. The van der Waals surface area contributed by atoms with Crippen molar-refractivity contribution in [2.45, 2.75) is 36.7 Å². The third-order valence-electron chi connectivity index (χ3n) is 3.51. The highest BCUT2D eigenvalue weighted by Gasteiger charge is 2.34. The SMILES string of the molecule is CC(=O)N(c1nnc(SCC(=O)NCc2ccccc2)s1)C1CC1. The van der Waals surface area contributed by atoms with Crippen molar-refractivity contribution in [1.82, 2.24) is 15.5 Å². The first-order chi connectivity index (χ1) is 11.6. The molecule has 126 valence electrons. The van der Waals surface area contributed by atoms with Crippen LogP contribution in [0.1, 0.15) is 25.3 Å². The summed E-state index contributed by atoms with van der Waals surface area (Å²) in [6.45, 7) is 2.06. The van der Waals surface area contributed by atoms with Crippen molar-refractivity contribution in [3.63, 3.8) is 0 Å². The van der Waals surface area contributed by atoms with Gasteiger partial charge in [-0.25, -0.2) is 0 Å². The molecule has 1 aliphatic rings. The largest absolute Gasteiger partial charge is 0.351 e. The van der Waals surface area contributed by atoms with E-state index in [4.69, 9.17) is 0 Å². The minimum atomic E-state index is -0.0498. The molecule has 2 amide bonds. The number of hydrogen-bond donors (Lipinski definition) is 1. The Balaban J connectivity index is 1.48. The number of nitrogens with one attached hydrogen (secondary N) is 1. The zero-order chi connectivity index (χ0) is 16.9. The molecule has 0 radical (unpaired) electrons. The third-order valence-corrected chi connectivity index (χ3v) is 5.57. The minimum Gasteiger partial charge on any atom is -0.351 e. The lowest BCUT2D eigenvalue weighted by Gasteiger charge is -2.15. The number of benzene rings is 1. The number of anilines is 1. The van der Waals surface area contributed by atoms with E-state index >= 15 is 0 Å². The van der Waals surface area contributed by atoms with Gasteiger partial charge in [-0.2, -0.15) is 0 Å². The molecular weight excluding hydrogens is 344 g/mol. The number of thioether (sulfide) groups is 1. The fraction of sp³-hybridized carbons (Fsp3) is 0.375. The van der Waals surface area contributed by atoms with Crippen LogP contribution in [0, 0.1) is 0 Å². The number of aromatic nitrogens is 2. The molecule has 1 aliphatic carbocycles. The summed E-state index contributed by atoms with van der Waals surface area (Å²) in [5.74, 6) is 0.224. The summed E-state index contributed by atoms with van der Waals surface area (Å²) < 4.78 is 0.701. The molecule has 0 atom stereocenters. The van der Waals surface area contributed by atoms with Crippen LogP contribution in [-0.4, -0.2) is 33.8 Å². The van der Waals surface area contributed by atoms with Gasteiger partial charge >= 0.3 is 0 Å². The Hall–Kier alpha value is -1.93. The van der Waals surface area contributed by atoms with Gasteiger partial charge in [0.15, 0.2) is 4.34 Å². The fourth-order valence-corrected chi connectivity index (χ4v) is 4.00. The van der Waals surface area contributed by atoms with Crippen LogP contribution in [0.3, 0.4) is 0 Å². The van der Waals surface area contributed by atoms with Crippen molar-refractivity contribution in [1.29, 1.82) is 0 Å². The van der Waals surface area contributed by atoms with E-state index in [2.05, 4.69) is 15.5 Å². The molecule has 0 aliphatic heterocycles. The molecule has 1 fully saturated rings. The van der Waals surface area contributed by atoms with E-state index in [0.717, 1.165) is 18.4 Å². The molecule has 1 N–H and O–H groups in total. The minimum absolute atomic E-state index is 0.00851. The van der Waals surface area contributed by atoms with E-state index < -0.39 is 0 Å². The third kappa shape index (κ3) is 4.55. The molecule has 0 saturated heterocycles. The van der Waals surface area contributed by atoms with Crippen LogP contribution in [0.2, 0.25) is 0 Å². The van der Waals surface area contributed by atoms with E-state index in [9.17, 15) is 9.59 Å². The molecule has 24 heavy (non-hydrogen) atoms. The maximum Gasteiger partial charge on any atom is 0.230 e. The normalized spacial score (nSPS) is 13.5. The lowest BCUT2D eigenvalue weighted by molar-refractivity contribution is -0.119. The van der Waals surface area contributed by atoms with Gasteiger partial charge in [0.25, 0.3) is 0 Å². The summed E-state index contributed by atoms with van der Waals surface area (Å²) in [5, 5.41) is 11.7. The summed E-state index contributed by atoms with van der Waals surface area (Å²) in [6.07, 6.45) is 2.03. The van der Waals surface area contributed by atoms with Crippen LogP contribution in [0.4, 0.5) is 5.13 Å². The van der Waals surface area contributed by atoms with Crippen molar-refractivity contribution < 1.29 is 9.59 Å². The van der Waals surface area contributed by atoms with Crippen LogP contribution < -0.4 is 10.2 Å². The zero-order valence-corrected chi connectivity index (χ0v) is 14.9. The van der Waals surface area contributed by atoms with E-state index in [1.165, 1.54) is 23.1 Å². The smallest absolute Gasteiger partial charge is 0.230 e. The summed E-state index contributed by atoms with van der Waals surface area (Å²) in [5.41, 5.74) is 1.07. The Bertz CT molecular complexity index is 716. The quantitative estimate of drug-likeness (QED) is 0.605. The van der Waals surface area contributed by atoms with Crippen molar-refractivity contribution in [3.05, 3.63) is 35.9 Å². The van der Waals surface area contributed by atoms with Gasteiger partial charge in [0.05, 0.1) is 5.75 Å². The molecule has 2 aromatic rings. The van der Waals surface area contributed by atoms with Gasteiger partial charge in [-0.1, -0.05) is 53.4 Å². The Labute approximate surface area is 148 Å². The first kappa shape index (κ1) is 16.9. The molecule has 3 rings (SSSR count). The average molecular weight is 362 g/mol. The number of rotatable bonds is 7. The van der Waals surface area contributed by atoms with Crippen LogP contribution in [0.5, 0.6) is 0 Å². The Morgan fingerprint density at radius 3 is 2.71 bits per heavy atom. The second-order valence-corrected chi connectivity index (χ2v) is 7.70. The first-order valence-electron chi connectivity index (χ1n) is 7.70. The standard InChI is InChI=1S/C16H18N4O2S2/c1-11(21)20(13-7-8-13)15-18-19-16(24-15)23-10-14(22)17-9-12-5-3-2-4-6-12/h2-6,13H,7-10H2,1H3,(H,17,22). The van der Waals surface area contributed by atoms with Gasteiger partial charge in [-0.05, 0) is 18.4 Å². The Kier molecular flexibility index (Phi) is 5.47. The second-order valence-electron chi connectivity index (χ2n) is 5.52. The van der Waals surface area contributed by atoms with Crippen molar-refractivity contribution in [2.24, 2.45) is 0 Å². The summed E-state index contributed by atoms with van der Waals surface area (Å²) in [4.78, 5) is 25.3. The van der Waals surface area contributed by atoms with E-state index in [1.807, 2.05) is 30.3 Å². The van der Waals surface area contributed by atoms with Gasteiger partial charge in [0, 0.05) is 19.5 Å². The fourth-order valence-electron chi connectivity index (χ4n) is 2.21. The molecule has 0 unspecified atom stereocenters. The van der Waals surface area contributed by atoms with Gasteiger partial charge in [-0.3, -0.25) is 14.5 Å². The summed E-state index contributed by atoms with van der Waals surface area (Å²) >= 11 is 2.70. The van der Waals surface area contributed by atoms with Gasteiger partial charge < -0.3 is 5.32 Å².